The Morgan fingerprint density at radius 1 is 1.17 bits per heavy atom. The third-order valence-corrected chi connectivity index (χ3v) is 7.52. The highest BCUT2D eigenvalue weighted by Crippen LogP contribution is 2.52. The fourth-order valence-corrected chi connectivity index (χ4v) is 5.66. The third kappa shape index (κ3) is 1.30. The molecule has 0 nitrogen and oxygen atoms in total. The van der Waals surface area contributed by atoms with Gasteiger partial charge in [-0.3, -0.25) is 0 Å². The molecule has 1 aliphatic rings. The van der Waals surface area contributed by atoms with Gasteiger partial charge in [0.15, 0.2) is 0 Å². The van der Waals surface area contributed by atoms with Crippen molar-refractivity contribution >= 4 is 10.9 Å². The Bertz CT molecular complexity index is 164. The summed E-state index contributed by atoms with van der Waals surface area (Å²) >= 11 is 0. The smallest absolute Gasteiger partial charge is 0.0554 e. The van der Waals surface area contributed by atoms with Crippen molar-refractivity contribution in [3.05, 3.63) is 0 Å². The van der Waals surface area contributed by atoms with Gasteiger partial charge in [-0.25, -0.2) is 0 Å². The minimum absolute atomic E-state index is 0.507. The molecule has 0 aromatic rings. The van der Waals surface area contributed by atoms with Crippen LogP contribution < -0.4 is 0 Å². The molecule has 1 rings (SSSR count). The molecule has 72 valence electrons. The van der Waals surface area contributed by atoms with Gasteiger partial charge in [0, 0.05) is 5.41 Å². The van der Waals surface area contributed by atoms with Crippen LogP contribution in [0.2, 0.25) is 0 Å². The molecule has 0 aliphatic carbocycles. The molecule has 1 aliphatic heterocycles. The molecule has 1 heterocycles. The molecule has 0 aromatic carbocycles. The average Bonchev–Trinajstić information content (AvgIpc) is 1.85. The second kappa shape index (κ2) is 2.67. The van der Waals surface area contributed by atoms with Crippen LogP contribution in [0.5, 0.6) is 0 Å². The molecule has 0 amide bonds. The number of hydrogen-bond donors (Lipinski definition) is 0. The Morgan fingerprint density at radius 2 is 1.58 bits per heavy atom. The van der Waals surface area contributed by atoms with Gasteiger partial charge < -0.3 is 0 Å². The Morgan fingerprint density at radius 3 is 1.75 bits per heavy atom. The quantitative estimate of drug-likeness (QED) is 0.511. The lowest BCUT2D eigenvalue weighted by molar-refractivity contribution is 0.248. The molecular weight excluding hydrogens is 164 g/mol. The molecule has 12 heavy (non-hydrogen) atoms. The first kappa shape index (κ1) is 10.4. The molecule has 1 saturated heterocycles. The maximum absolute atomic E-state index is 2.44. The summed E-state index contributed by atoms with van der Waals surface area (Å²) in [6, 6.07) is 0. The van der Waals surface area contributed by atoms with Crippen LogP contribution in [0.25, 0.3) is 0 Å². The van der Waals surface area contributed by atoms with E-state index in [1.54, 1.807) is 0 Å². The predicted octanol–water partition coefficient (Wildman–Crippen LogP) is 3.08. The van der Waals surface area contributed by atoms with Crippen molar-refractivity contribution in [2.75, 3.05) is 6.26 Å². The Kier molecular flexibility index (Phi) is 2.32. The lowest BCUT2D eigenvalue weighted by atomic mass is 9.78. The van der Waals surface area contributed by atoms with Gasteiger partial charge in [0.1, 0.15) is 10.00 Å². The molecule has 1 unspecified atom stereocenters. The van der Waals surface area contributed by atoms with Crippen LogP contribution in [0.3, 0.4) is 0 Å². The summed E-state index contributed by atoms with van der Waals surface area (Å²) in [4.78, 5) is 0. The normalized spacial score (nSPS) is 40.8. The fourth-order valence-electron chi connectivity index (χ4n) is 2.50. The summed E-state index contributed by atoms with van der Waals surface area (Å²) in [6.07, 6.45) is 2.44. The highest BCUT2D eigenvalue weighted by Gasteiger charge is 2.64. The van der Waals surface area contributed by atoms with Gasteiger partial charge in [0.2, 0.25) is 0 Å². The summed E-state index contributed by atoms with van der Waals surface area (Å²) in [5, 5.41) is 0.937. The summed E-state index contributed by atoms with van der Waals surface area (Å²) in [5.74, 6) is 0.894. The summed E-state index contributed by atoms with van der Waals surface area (Å²) < 4.78 is 0.595. The van der Waals surface area contributed by atoms with Gasteiger partial charge >= 0.3 is 0 Å². The third-order valence-electron chi connectivity index (χ3n) is 3.61. The molecule has 3 atom stereocenters. The monoisotopic (exact) mass is 187 g/mol. The van der Waals surface area contributed by atoms with Crippen LogP contribution in [0.1, 0.15) is 41.5 Å². The second-order valence-corrected chi connectivity index (χ2v) is 8.41. The second-order valence-electron chi connectivity index (χ2n) is 5.74. The molecule has 0 bridgehead atoms. The van der Waals surface area contributed by atoms with Crippen molar-refractivity contribution in [1.29, 1.82) is 0 Å². The highest BCUT2D eigenvalue weighted by atomic mass is 32.2. The minimum Gasteiger partial charge on any atom is -0.0554 e. The van der Waals surface area contributed by atoms with Crippen molar-refractivity contribution in [2.24, 2.45) is 11.3 Å². The fraction of sp³-hybridized carbons (Fsp3) is 1.00. The van der Waals surface area contributed by atoms with E-state index in [1.165, 1.54) is 0 Å². The van der Waals surface area contributed by atoms with Crippen molar-refractivity contribution in [2.45, 2.75) is 51.5 Å². The number of rotatable bonds is 0. The van der Waals surface area contributed by atoms with Crippen LogP contribution in [0.15, 0.2) is 0 Å². The Hall–Kier alpha value is 0.350. The topological polar surface area (TPSA) is 0 Å². The molecule has 1 fully saturated rings. The maximum atomic E-state index is 2.44. The summed E-state index contributed by atoms with van der Waals surface area (Å²) in [5.41, 5.74) is 0.507. The molecule has 0 N–H and O–H groups in total. The zero-order valence-corrected chi connectivity index (χ0v) is 10.4. The average molecular weight is 187 g/mol. The first-order valence-electron chi connectivity index (χ1n) is 4.84. The molecule has 1 heteroatoms. The zero-order chi connectivity index (χ0) is 9.73. The van der Waals surface area contributed by atoms with Gasteiger partial charge in [0.25, 0.3) is 0 Å². The van der Waals surface area contributed by atoms with Crippen LogP contribution >= 0.6 is 0 Å². The van der Waals surface area contributed by atoms with Crippen molar-refractivity contribution in [3.63, 3.8) is 0 Å². The Labute approximate surface area is 80.5 Å². The van der Waals surface area contributed by atoms with Gasteiger partial charge in [-0.05, 0) is 24.7 Å². The van der Waals surface area contributed by atoms with Crippen molar-refractivity contribution in [1.82, 2.24) is 0 Å². The van der Waals surface area contributed by atoms with Gasteiger partial charge in [-0.2, -0.15) is 0 Å². The molecule has 0 spiro atoms. The lowest BCUT2D eigenvalue weighted by Crippen LogP contribution is -2.65. The first-order chi connectivity index (χ1) is 5.19. The zero-order valence-electron chi connectivity index (χ0n) is 9.56. The number of hydrogen-bond acceptors (Lipinski definition) is 0. The lowest BCUT2D eigenvalue weighted by Gasteiger charge is -2.51. The molecular formula is C11H23S+. The minimum atomic E-state index is 0.507. The standard InChI is InChI=1S/C11H23S/c1-8-9(10(2,3)4)12(7)11(8,5)6/h8-9H,1-7H3/q+1/t8-,9+,12?/m0/s1. The maximum Gasteiger partial charge on any atom is 0.130 e. The van der Waals surface area contributed by atoms with Crippen LogP contribution in [-0.4, -0.2) is 16.3 Å². The van der Waals surface area contributed by atoms with E-state index in [4.69, 9.17) is 0 Å². The van der Waals surface area contributed by atoms with E-state index in [2.05, 4.69) is 47.8 Å². The van der Waals surface area contributed by atoms with E-state index in [1.807, 2.05) is 0 Å². The molecule has 0 radical (unpaired) electrons. The molecule has 0 aromatic heterocycles. The largest absolute Gasteiger partial charge is 0.130 e. The van der Waals surface area contributed by atoms with E-state index in [0.717, 1.165) is 11.2 Å². The van der Waals surface area contributed by atoms with Crippen molar-refractivity contribution < 1.29 is 0 Å². The van der Waals surface area contributed by atoms with Gasteiger partial charge in [-0.1, -0.05) is 27.7 Å². The van der Waals surface area contributed by atoms with Crippen LogP contribution in [0.4, 0.5) is 0 Å². The van der Waals surface area contributed by atoms with E-state index < -0.39 is 0 Å². The van der Waals surface area contributed by atoms with E-state index in [-0.39, 0.29) is 0 Å². The van der Waals surface area contributed by atoms with E-state index in [9.17, 15) is 0 Å². The SMILES string of the molecule is C[C@H]1[C@H](C(C)(C)C)[S+](C)C1(C)C. The van der Waals surface area contributed by atoms with Gasteiger partial charge in [0.05, 0.1) is 12.2 Å². The van der Waals surface area contributed by atoms with E-state index in [0.29, 0.717) is 21.1 Å². The first-order valence-corrected chi connectivity index (χ1v) is 6.53. The van der Waals surface area contributed by atoms with Crippen LogP contribution in [0, 0.1) is 11.3 Å². The molecule has 0 saturated carbocycles. The predicted molar refractivity (Wildman–Crippen MR) is 59.8 cm³/mol. The highest BCUT2D eigenvalue weighted by molar-refractivity contribution is 7.99. The Balaban J connectivity index is 2.76. The van der Waals surface area contributed by atoms with Crippen LogP contribution in [-0.2, 0) is 10.9 Å². The van der Waals surface area contributed by atoms with E-state index >= 15 is 0 Å². The summed E-state index contributed by atoms with van der Waals surface area (Å²) in [7, 11) is 0.610. The van der Waals surface area contributed by atoms with Gasteiger partial charge in [-0.15, -0.1) is 0 Å². The summed E-state index contributed by atoms with van der Waals surface area (Å²) in [6.45, 7) is 14.4. The van der Waals surface area contributed by atoms with Crippen molar-refractivity contribution in [3.8, 4) is 0 Å².